The van der Waals surface area contributed by atoms with Gasteiger partial charge in [0.15, 0.2) is 5.82 Å². The van der Waals surface area contributed by atoms with Crippen LogP contribution in [0.3, 0.4) is 0 Å². The summed E-state index contributed by atoms with van der Waals surface area (Å²) in [5, 5.41) is 4.07. The first-order chi connectivity index (χ1) is 11.2. The first-order valence-electron chi connectivity index (χ1n) is 7.39. The number of aromatic nitrogens is 4. The van der Waals surface area contributed by atoms with Gasteiger partial charge in [-0.3, -0.25) is 9.97 Å². The van der Waals surface area contributed by atoms with Gasteiger partial charge in [0.05, 0.1) is 25.1 Å². The van der Waals surface area contributed by atoms with E-state index in [4.69, 9.17) is 9.26 Å². The average Bonchev–Trinajstić information content (AvgIpc) is 3.05. The van der Waals surface area contributed by atoms with Crippen LogP contribution < -0.4 is 4.74 Å². The Bertz CT molecular complexity index is 786. The fraction of sp³-hybridized carbons (Fsp3) is 0.294. The first-order valence-corrected chi connectivity index (χ1v) is 7.39. The monoisotopic (exact) mass is 310 g/mol. The molecule has 2 heterocycles. The molecular formula is C17H18N4O2. The van der Waals surface area contributed by atoms with Crippen LogP contribution in [0.4, 0.5) is 0 Å². The van der Waals surface area contributed by atoms with Gasteiger partial charge in [0, 0.05) is 18.6 Å². The average molecular weight is 310 g/mol. The topological polar surface area (TPSA) is 73.9 Å². The van der Waals surface area contributed by atoms with Gasteiger partial charge in [0.2, 0.25) is 5.89 Å². The molecular weight excluding hydrogens is 292 g/mol. The van der Waals surface area contributed by atoms with E-state index in [9.17, 15) is 0 Å². The molecule has 0 aliphatic carbocycles. The minimum Gasteiger partial charge on any atom is -0.497 e. The summed E-state index contributed by atoms with van der Waals surface area (Å²) in [6, 6.07) is 5.95. The lowest BCUT2D eigenvalue weighted by Gasteiger charge is -2.06. The lowest BCUT2D eigenvalue weighted by molar-refractivity contribution is 0.377. The lowest BCUT2D eigenvalue weighted by atomic mass is 10.1. The quantitative estimate of drug-likeness (QED) is 0.721. The Kier molecular flexibility index (Phi) is 4.32. The molecule has 2 aromatic heterocycles. The van der Waals surface area contributed by atoms with Crippen LogP contribution in [0.15, 0.2) is 41.3 Å². The summed E-state index contributed by atoms with van der Waals surface area (Å²) >= 11 is 0. The third-order valence-corrected chi connectivity index (χ3v) is 3.79. The Hall–Kier alpha value is -2.76. The van der Waals surface area contributed by atoms with Gasteiger partial charge < -0.3 is 9.26 Å². The second kappa shape index (κ2) is 6.56. The van der Waals surface area contributed by atoms with E-state index in [1.807, 2.05) is 32.0 Å². The summed E-state index contributed by atoms with van der Waals surface area (Å²) in [5.41, 5.74) is 3.08. The van der Waals surface area contributed by atoms with Crippen LogP contribution in [-0.2, 0) is 6.42 Å². The summed E-state index contributed by atoms with van der Waals surface area (Å²) in [6.45, 7) is 4.02. The highest BCUT2D eigenvalue weighted by atomic mass is 16.5. The minimum atomic E-state index is -0.0573. The van der Waals surface area contributed by atoms with Crippen molar-refractivity contribution in [1.82, 2.24) is 20.1 Å². The van der Waals surface area contributed by atoms with Crippen molar-refractivity contribution in [3.8, 4) is 5.75 Å². The van der Waals surface area contributed by atoms with Crippen molar-refractivity contribution in [1.29, 1.82) is 0 Å². The highest BCUT2D eigenvalue weighted by Gasteiger charge is 2.17. The fourth-order valence-electron chi connectivity index (χ4n) is 2.34. The SMILES string of the molecule is COc1ccc(Cc2nc(C(C)c3cnccn3)no2)c(C)c1. The van der Waals surface area contributed by atoms with E-state index < -0.39 is 0 Å². The van der Waals surface area contributed by atoms with E-state index in [-0.39, 0.29) is 5.92 Å². The summed E-state index contributed by atoms with van der Waals surface area (Å²) in [4.78, 5) is 12.8. The third-order valence-electron chi connectivity index (χ3n) is 3.79. The molecule has 0 aliphatic rings. The molecule has 0 aliphatic heterocycles. The number of ether oxygens (including phenoxy) is 1. The number of methoxy groups -OCH3 is 1. The molecule has 1 atom stereocenters. The molecule has 0 N–H and O–H groups in total. The molecule has 23 heavy (non-hydrogen) atoms. The lowest BCUT2D eigenvalue weighted by Crippen LogP contribution is -2.02. The molecule has 0 saturated carbocycles. The minimum absolute atomic E-state index is 0.0573. The van der Waals surface area contributed by atoms with Crippen molar-refractivity contribution in [3.05, 3.63) is 65.3 Å². The van der Waals surface area contributed by atoms with E-state index in [1.54, 1.807) is 25.7 Å². The zero-order valence-corrected chi connectivity index (χ0v) is 13.4. The van der Waals surface area contributed by atoms with Crippen LogP contribution >= 0.6 is 0 Å². The predicted molar refractivity (Wildman–Crippen MR) is 84.4 cm³/mol. The fourth-order valence-corrected chi connectivity index (χ4v) is 2.34. The first kappa shape index (κ1) is 15.1. The second-order valence-electron chi connectivity index (χ2n) is 5.37. The van der Waals surface area contributed by atoms with Gasteiger partial charge in [-0.15, -0.1) is 0 Å². The molecule has 0 bridgehead atoms. The largest absolute Gasteiger partial charge is 0.497 e. The predicted octanol–water partition coefficient (Wildman–Crippen LogP) is 2.92. The Labute approximate surface area is 134 Å². The molecule has 0 fully saturated rings. The van der Waals surface area contributed by atoms with Gasteiger partial charge in [-0.25, -0.2) is 0 Å². The molecule has 3 aromatic rings. The number of hydrogen-bond acceptors (Lipinski definition) is 6. The maximum Gasteiger partial charge on any atom is 0.231 e. The molecule has 0 spiro atoms. The van der Waals surface area contributed by atoms with Crippen LogP contribution in [0.5, 0.6) is 5.75 Å². The summed E-state index contributed by atoms with van der Waals surface area (Å²) in [5.74, 6) is 1.99. The molecule has 6 nitrogen and oxygen atoms in total. The zero-order chi connectivity index (χ0) is 16.2. The number of nitrogens with zero attached hydrogens (tertiary/aromatic N) is 4. The van der Waals surface area contributed by atoms with Crippen LogP contribution in [-0.4, -0.2) is 27.2 Å². The van der Waals surface area contributed by atoms with E-state index >= 15 is 0 Å². The Morgan fingerprint density at radius 2 is 2.13 bits per heavy atom. The van der Waals surface area contributed by atoms with E-state index in [0.29, 0.717) is 18.1 Å². The maximum absolute atomic E-state index is 5.38. The highest BCUT2D eigenvalue weighted by molar-refractivity contribution is 5.36. The third kappa shape index (κ3) is 3.36. The molecule has 3 rings (SSSR count). The second-order valence-corrected chi connectivity index (χ2v) is 5.37. The highest BCUT2D eigenvalue weighted by Crippen LogP contribution is 2.22. The van der Waals surface area contributed by atoms with Crippen LogP contribution in [0.25, 0.3) is 0 Å². The number of hydrogen-bond donors (Lipinski definition) is 0. The van der Waals surface area contributed by atoms with Crippen molar-refractivity contribution in [2.45, 2.75) is 26.2 Å². The van der Waals surface area contributed by atoms with Crippen molar-refractivity contribution < 1.29 is 9.26 Å². The Morgan fingerprint density at radius 3 is 2.83 bits per heavy atom. The molecule has 1 aromatic carbocycles. The smallest absolute Gasteiger partial charge is 0.231 e. The Morgan fingerprint density at radius 1 is 1.26 bits per heavy atom. The molecule has 0 saturated heterocycles. The van der Waals surface area contributed by atoms with Gasteiger partial charge in [0.25, 0.3) is 0 Å². The van der Waals surface area contributed by atoms with Gasteiger partial charge in [0.1, 0.15) is 5.75 Å². The maximum atomic E-state index is 5.38. The number of benzene rings is 1. The van der Waals surface area contributed by atoms with Crippen LogP contribution in [0.2, 0.25) is 0 Å². The van der Waals surface area contributed by atoms with Crippen molar-refractivity contribution in [2.24, 2.45) is 0 Å². The molecule has 0 amide bonds. The van der Waals surface area contributed by atoms with E-state index in [1.165, 1.54) is 0 Å². The number of rotatable bonds is 5. The summed E-state index contributed by atoms with van der Waals surface area (Å²) in [7, 11) is 1.66. The standard InChI is InChI=1S/C17H18N4O2/c1-11-8-14(22-3)5-4-13(11)9-16-20-17(21-23-16)12(2)15-10-18-6-7-19-15/h4-8,10,12H,9H2,1-3H3. The molecule has 6 heteroatoms. The van der Waals surface area contributed by atoms with Crippen molar-refractivity contribution in [2.75, 3.05) is 7.11 Å². The molecule has 118 valence electrons. The van der Waals surface area contributed by atoms with E-state index in [2.05, 4.69) is 20.1 Å². The van der Waals surface area contributed by atoms with E-state index in [0.717, 1.165) is 22.6 Å². The number of aryl methyl sites for hydroxylation is 1. The summed E-state index contributed by atoms with van der Waals surface area (Å²) < 4.78 is 10.6. The van der Waals surface area contributed by atoms with Gasteiger partial charge in [-0.1, -0.05) is 11.2 Å². The van der Waals surface area contributed by atoms with Crippen LogP contribution in [0, 0.1) is 6.92 Å². The Balaban J connectivity index is 1.77. The normalized spacial score (nSPS) is 12.1. The zero-order valence-electron chi connectivity index (χ0n) is 13.4. The van der Waals surface area contributed by atoms with Crippen molar-refractivity contribution >= 4 is 0 Å². The van der Waals surface area contributed by atoms with Gasteiger partial charge in [-0.05, 0) is 37.1 Å². The van der Waals surface area contributed by atoms with Gasteiger partial charge in [-0.2, -0.15) is 4.98 Å². The van der Waals surface area contributed by atoms with Crippen LogP contribution in [0.1, 0.15) is 41.4 Å². The molecule has 0 radical (unpaired) electrons. The van der Waals surface area contributed by atoms with Gasteiger partial charge >= 0.3 is 0 Å². The molecule has 1 unspecified atom stereocenters. The van der Waals surface area contributed by atoms with Crippen molar-refractivity contribution in [3.63, 3.8) is 0 Å². The summed E-state index contributed by atoms with van der Waals surface area (Å²) in [6.07, 6.45) is 5.61.